The molecule has 6 heteroatoms. The maximum absolute atomic E-state index is 10.9. The molecule has 0 saturated carbocycles. The van der Waals surface area contributed by atoms with Crippen LogP contribution in [0.5, 0.6) is 0 Å². The SMILES string of the molecule is CC(C)C(C)SSC1=NC=CC(C)([N+](=O)[O-])C=C1. The quantitative estimate of drug-likeness (QED) is 0.446. The maximum Gasteiger partial charge on any atom is 0.257 e. The van der Waals surface area contributed by atoms with E-state index >= 15 is 0 Å². The molecule has 1 aliphatic heterocycles. The van der Waals surface area contributed by atoms with Crippen LogP contribution in [0.2, 0.25) is 0 Å². The van der Waals surface area contributed by atoms with Gasteiger partial charge in [0.2, 0.25) is 0 Å². The van der Waals surface area contributed by atoms with Gasteiger partial charge in [-0.1, -0.05) is 31.6 Å². The minimum atomic E-state index is -1.15. The van der Waals surface area contributed by atoms with Gasteiger partial charge in [-0.25, -0.2) is 4.99 Å². The molecule has 1 heterocycles. The Bertz CT molecular complexity index is 405. The summed E-state index contributed by atoms with van der Waals surface area (Å²) in [6.07, 6.45) is 6.34. The number of nitrogens with zero attached hydrogens (tertiary/aromatic N) is 2. The lowest BCUT2D eigenvalue weighted by Gasteiger charge is -2.13. The highest BCUT2D eigenvalue weighted by atomic mass is 33.1. The van der Waals surface area contributed by atoms with Crippen LogP contribution in [0.3, 0.4) is 0 Å². The largest absolute Gasteiger partial charge is 0.263 e. The molecule has 4 nitrogen and oxygen atoms in total. The number of hydrogen-bond acceptors (Lipinski definition) is 5. The van der Waals surface area contributed by atoms with E-state index < -0.39 is 5.54 Å². The van der Waals surface area contributed by atoms with Crippen molar-refractivity contribution in [1.82, 2.24) is 0 Å². The third-order valence-corrected chi connectivity index (χ3v) is 5.86. The molecule has 0 aromatic carbocycles. The molecule has 100 valence electrons. The highest BCUT2D eigenvalue weighted by molar-refractivity contribution is 8.82. The second kappa shape index (κ2) is 6.43. The van der Waals surface area contributed by atoms with Crippen molar-refractivity contribution in [3.8, 4) is 0 Å². The summed E-state index contributed by atoms with van der Waals surface area (Å²) in [5.74, 6) is 0.595. The van der Waals surface area contributed by atoms with Gasteiger partial charge in [-0.05, 0) is 28.9 Å². The van der Waals surface area contributed by atoms with Gasteiger partial charge in [0, 0.05) is 29.4 Å². The van der Waals surface area contributed by atoms with Crippen molar-refractivity contribution >= 4 is 26.6 Å². The molecule has 2 atom stereocenters. The third-order valence-electron chi connectivity index (χ3n) is 2.79. The van der Waals surface area contributed by atoms with Crippen molar-refractivity contribution in [2.24, 2.45) is 10.9 Å². The van der Waals surface area contributed by atoms with E-state index in [2.05, 4.69) is 25.8 Å². The Labute approximate surface area is 116 Å². The topological polar surface area (TPSA) is 55.5 Å². The highest BCUT2D eigenvalue weighted by Crippen LogP contribution is 2.33. The van der Waals surface area contributed by atoms with E-state index in [1.54, 1.807) is 40.7 Å². The first-order chi connectivity index (χ1) is 8.35. The Kier molecular flexibility index (Phi) is 5.47. The van der Waals surface area contributed by atoms with E-state index in [0.717, 1.165) is 5.04 Å². The maximum atomic E-state index is 10.9. The van der Waals surface area contributed by atoms with Crippen molar-refractivity contribution in [2.75, 3.05) is 0 Å². The summed E-state index contributed by atoms with van der Waals surface area (Å²) in [6.45, 7) is 8.08. The van der Waals surface area contributed by atoms with Crippen molar-refractivity contribution in [1.29, 1.82) is 0 Å². The van der Waals surface area contributed by atoms with Crippen LogP contribution in [-0.2, 0) is 0 Å². The fraction of sp³-hybridized carbons (Fsp3) is 0.583. The molecule has 0 fully saturated rings. The first-order valence-electron chi connectivity index (χ1n) is 5.78. The zero-order valence-corrected chi connectivity index (χ0v) is 12.6. The molecule has 1 rings (SSSR count). The fourth-order valence-electron chi connectivity index (χ4n) is 1.01. The predicted molar refractivity (Wildman–Crippen MR) is 80.6 cm³/mol. The van der Waals surface area contributed by atoms with Gasteiger partial charge in [0.15, 0.2) is 0 Å². The summed E-state index contributed by atoms with van der Waals surface area (Å²) in [4.78, 5) is 14.8. The lowest BCUT2D eigenvalue weighted by Crippen LogP contribution is -2.29. The van der Waals surface area contributed by atoms with Crippen molar-refractivity contribution < 1.29 is 4.92 Å². The number of nitro groups is 1. The van der Waals surface area contributed by atoms with Gasteiger partial charge in [-0.2, -0.15) is 0 Å². The minimum Gasteiger partial charge on any atom is -0.263 e. The molecule has 0 spiro atoms. The van der Waals surface area contributed by atoms with Crippen LogP contribution in [0.25, 0.3) is 0 Å². The first-order valence-corrected chi connectivity index (χ1v) is 7.99. The molecule has 0 aromatic rings. The van der Waals surface area contributed by atoms with Crippen LogP contribution >= 0.6 is 21.6 Å². The van der Waals surface area contributed by atoms with Gasteiger partial charge in [0.25, 0.3) is 5.54 Å². The van der Waals surface area contributed by atoms with E-state index in [1.807, 2.05) is 0 Å². The van der Waals surface area contributed by atoms with Gasteiger partial charge < -0.3 is 0 Å². The summed E-state index contributed by atoms with van der Waals surface area (Å²) < 4.78 is 0. The van der Waals surface area contributed by atoms with Crippen molar-refractivity contribution in [3.05, 3.63) is 34.5 Å². The molecule has 0 N–H and O–H groups in total. The molecular weight excluding hydrogens is 268 g/mol. The van der Waals surface area contributed by atoms with Crippen molar-refractivity contribution in [3.63, 3.8) is 0 Å². The predicted octanol–water partition coefficient (Wildman–Crippen LogP) is 3.93. The van der Waals surface area contributed by atoms with Crippen LogP contribution in [0.15, 0.2) is 29.4 Å². The number of hydrogen-bond donors (Lipinski definition) is 0. The molecular formula is C12H18N2O2S2. The molecule has 0 amide bonds. The van der Waals surface area contributed by atoms with Gasteiger partial charge in [-0.3, -0.25) is 10.1 Å². The van der Waals surface area contributed by atoms with E-state index in [-0.39, 0.29) is 4.92 Å². The molecule has 0 radical (unpaired) electrons. The third kappa shape index (κ3) is 4.17. The molecule has 0 aromatic heterocycles. The Balaban J connectivity index is 2.64. The first kappa shape index (κ1) is 15.3. The molecule has 2 unspecified atom stereocenters. The Hall–Kier alpha value is -0.750. The summed E-state index contributed by atoms with van der Waals surface area (Å²) >= 11 is 0. The smallest absolute Gasteiger partial charge is 0.257 e. The number of rotatable bonds is 4. The van der Waals surface area contributed by atoms with Gasteiger partial charge in [-0.15, -0.1) is 0 Å². The lowest BCUT2D eigenvalue weighted by molar-refractivity contribution is -0.535. The van der Waals surface area contributed by atoms with Crippen molar-refractivity contribution in [2.45, 2.75) is 38.5 Å². The van der Waals surface area contributed by atoms with Crippen LogP contribution in [0.4, 0.5) is 0 Å². The van der Waals surface area contributed by atoms with Crippen LogP contribution < -0.4 is 0 Å². The molecule has 0 aliphatic carbocycles. The lowest BCUT2D eigenvalue weighted by atomic mass is 10.0. The van der Waals surface area contributed by atoms with E-state index in [0.29, 0.717) is 11.2 Å². The zero-order chi connectivity index (χ0) is 13.8. The second-order valence-electron chi connectivity index (χ2n) is 4.73. The Morgan fingerprint density at radius 2 is 2.06 bits per heavy atom. The summed E-state index contributed by atoms with van der Waals surface area (Å²) in [6, 6.07) is 0. The van der Waals surface area contributed by atoms with E-state index in [9.17, 15) is 10.1 Å². The van der Waals surface area contributed by atoms with Gasteiger partial charge in [0.1, 0.15) is 5.04 Å². The summed E-state index contributed by atoms with van der Waals surface area (Å²) in [5.41, 5.74) is -1.15. The Morgan fingerprint density at radius 3 is 2.61 bits per heavy atom. The summed E-state index contributed by atoms with van der Waals surface area (Å²) in [5, 5.41) is 12.2. The molecule has 0 bridgehead atoms. The normalized spacial score (nSPS) is 24.8. The molecule has 0 saturated heterocycles. The summed E-state index contributed by atoms with van der Waals surface area (Å²) in [7, 11) is 3.31. The molecule has 18 heavy (non-hydrogen) atoms. The average Bonchev–Trinajstić information content (AvgIpc) is 2.49. The zero-order valence-electron chi connectivity index (χ0n) is 11.0. The second-order valence-corrected chi connectivity index (χ2v) is 7.33. The minimum absolute atomic E-state index is 0.312. The van der Waals surface area contributed by atoms with E-state index in [1.165, 1.54) is 12.3 Å². The van der Waals surface area contributed by atoms with Crippen LogP contribution in [0.1, 0.15) is 27.7 Å². The average molecular weight is 286 g/mol. The highest BCUT2D eigenvalue weighted by Gasteiger charge is 2.31. The number of aliphatic imine (C=N–C) groups is 1. The monoisotopic (exact) mass is 286 g/mol. The Morgan fingerprint density at radius 1 is 1.39 bits per heavy atom. The van der Waals surface area contributed by atoms with Crippen LogP contribution in [0, 0.1) is 16.0 Å². The standard InChI is InChI=1S/C12H18N2O2S2/c1-9(2)10(3)17-18-11-5-6-12(4,14(15)16)7-8-13-11/h5-10H,1-4H3. The van der Waals surface area contributed by atoms with Gasteiger partial charge >= 0.3 is 0 Å². The van der Waals surface area contributed by atoms with Crippen LogP contribution in [-0.4, -0.2) is 20.8 Å². The van der Waals surface area contributed by atoms with E-state index in [4.69, 9.17) is 0 Å². The molecule has 1 aliphatic rings. The fourth-order valence-corrected chi connectivity index (χ4v) is 3.42. The van der Waals surface area contributed by atoms with Gasteiger partial charge in [0.05, 0.1) is 0 Å².